The summed E-state index contributed by atoms with van der Waals surface area (Å²) in [6.07, 6.45) is 4.70. The van der Waals surface area contributed by atoms with Gasteiger partial charge in [0.15, 0.2) is 0 Å². The van der Waals surface area contributed by atoms with E-state index in [-0.39, 0.29) is 12.3 Å². The van der Waals surface area contributed by atoms with E-state index in [4.69, 9.17) is 11.6 Å². The number of aliphatic hydroxyl groups is 1. The molecule has 0 aromatic rings. The zero-order valence-corrected chi connectivity index (χ0v) is 22.3. The summed E-state index contributed by atoms with van der Waals surface area (Å²) in [6.45, 7) is 2.33. The molecule has 0 aromatic carbocycles. The van der Waals surface area contributed by atoms with Gasteiger partial charge in [0.05, 0.1) is 11.5 Å². The van der Waals surface area contributed by atoms with Crippen LogP contribution in [0.25, 0.3) is 0 Å². The monoisotopic (exact) mass is 541 g/mol. The molecule has 3 saturated carbocycles. The molecule has 0 radical (unpaired) electrons. The molecule has 0 spiro atoms. The topological polar surface area (TPSA) is 23.5 Å². The molecule has 3 aliphatic carbocycles. The first-order chi connectivity index (χ1) is 17.0. The van der Waals surface area contributed by atoms with Crippen molar-refractivity contribution in [3.63, 3.8) is 0 Å². The summed E-state index contributed by atoms with van der Waals surface area (Å²) >= 11 is 6.00. The molecular formula is C28H45ClF5NO. The van der Waals surface area contributed by atoms with Gasteiger partial charge in [-0.1, -0.05) is 0 Å². The van der Waals surface area contributed by atoms with E-state index in [2.05, 4.69) is 4.90 Å². The first-order valence-corrected chi connectivity index (χ1v) is 14.9. The molecule has 4 rings (SSSR count). The third-order valence-electron chi connectivity index (χ3n) is 10.3. The molecule has 36 heavy (non-hydrogen) atoms. The SMILES string of the molecule is OC1(C2CCC(Cl)C(C(F)(F)F)C2)CCN(CCCC(C2CCC(F)CC2)C2CCC(F)CC2)CC1. The van der Waals surface area contributed by atoms with Crippen LogP contribution in [-0.4, -0.2) is 59.1 Å². The van der Waals surface area contributed by atoms with E-state index < -0.39 is 35.4 Å². The molecule has 0 amide bonds. The molecule has 1 saturated heterocycles. The number of hydrogen-bond acceptors (Lipinski definition) is 2. The van der Waals surface area contributed by atoms with Crippen LogP contribution in [0.3, 0.4) is 0 Å². The Labute approximate surface area is 218 Å². The fourth-order valence-electron chi connectivity index (χ4n) is 7.95. The van der Waals surface area contributed by atoms with Gasteiger partial charge in [-0.05, 0) is 127 Å². The average Bonchev–Trinajstić information content (AvgIpc) is 2.84. The molecule has 0 aromatic heterocycles. The highest BCUT2D eigenvalue weighted by atomic mass is 35.5. The van der Waals surface area contributed by atoms with Crippen LogP contribution in [0, 0.1) is 29.6 Å². The number of hydrogen-bond donors (Lipinski definition) is 1. The standard InChI is InChI=1S/C28H45ClF5NO/c29-26-12-7-21(18-25(26)28(32,33)34)27(36)13-16-35(17-14-27)15-1-2-24(19-3-8-22(30)9-4-19)20-5-10-23(31)11-6-20/h19-26,36H,1-18H2. The lowest BCUT2D eigenvalue weighted by Gasteiger charge is -2.47. The first kappa shape index (κ1) is 28.9. The minimum absolute atomic E-state index is 0.0713. The Morgan fingerprint density at radius 1 is 0.833 bits per heavy atom. The van der Waals surface area contributed by atoms with Crippen LogP contribution in [0.4, 0.5) is 22.0 Å². The summed E-state index contributed by atoms with van der Waals surface area (Å²) in [6, 6.07) is 0. The summed E-state index contributed by atoms with van der Waals surface area (Å²) in [5, 5.41) is 10.4. The zero-order chi connectivity index (χ0) is 25.9. The maximum absolute atomic E-state index is 13.8. The quantitative estimate of drug-likeness (QED) is 0.262. The zero-order valence-electron chi connectivity index (χ0n) is 21.5. The summed E-state index contributed by atoms with van der Waals surface area (Å²) in [4.78, 5) is 2.34. The maximum Gasteiger partial charge on any atom is 0.393 e. The van der Waals surface area contributed by atoms with Gasteiger partial charge in [0, 0.05) is 18.5 Å². The molecule has 3 atom stereocenters. The van der Waals surface area contributed by atoms with Crippen LogP contribution in [0.1, 0.15) is 96.3 Å². The van der Waals surface area contributed by atoms with Crippen molar-refractivity contribution in [1.82, 2.24) is 4.90 Å². The van der Waals surface area contributed by atoms with Gasteiger partial charge in [-0.3, -0.25) is 0 Å². The molecule has 0 bridgehead atoms. The minimum Gasteiger partial charge on any atom is -0.390 e. The number of piperidine rings is 1. The highest BCUT2D eigenvalue weighted by Gasteiger charge is 2.51. The fourth-order valence-corrected chi connectivity index (χ4v) is 8.32. The van der Waals surface area contributed by atoms with Crippen LogP contribution in [-0.2, 0) is 0 Å². The van der Waals surface area contributed by atoms with E-state index >= 15 is 0 Å². The highest BCUT2D eigenvalue weighted by molar-refractivity contribution is 6.20. The third kappa shape index (κ3) is 7.28. The van der Waals surface area contributed by atoms with Crippen molar-refractivity contribution < 1.29 is 27.1 Å². The maximum atomic E-state index is 13.8. The van der Waals surface area contributed by atoms with Gasteiger partial charge in [-0.25, -0.2) is 8.78 Å². The average molecular weight is 542 g/mol. The molecule has 2 nitrogen and oxygen atoms in total. The lowest BCUT2D eigenvalue weighted by atomic mass is 9.67. The van der Waals surface area contributed by atoms with Gasteiger partial charge < -0.3 is 10.0 Å². The minimum atomic E-state index is -4.31. The molecule has 1 aliphatic heterocycles. The van der Waals surface area contributed by atoms with Gasteiger partial charge in [0.2, 0.25) is 0 Å². The number of halogens is 6. The van der Waals surface area contributed by atoms with Gasteiger partial charge in [0.1, 0.15) is 12.3 Å². The Hall–Kier alpha value is -0.140. The lowest BCUT2D eigenvalue weighted by molar-refractivity contribution is -0.194. The first-order valence-electron chi connectivity index (χ1n) is 14.5. The van der Waals surface area contributed by atoms with Gasteiger partial charge >= 0.3 is 6.18 Å². The Morgan fingerprint density at radius 3 is 1.86 bits per heavy atom. The molecule has 4 fully saturated rings. The lowest BCUT2D eigenvalue weighted by Crippen LogP contribution is -2.52. The van der Waals surface area contributed by atoms with Crippen molar-refractivity contribution in [3.05, 3.63) is 0 Å². The number of rotatable bonds is 7. The number of nitrogens with zero attached hydrogens (tertiary/aromatic N) is 1. The summed E-state index contributed by atoms with van der Waals surface area (Å²) in [5.74, 6) is -0.248. The van der Waals surface area contributed by atoms with Crippen LogP contribution in [0.5, 0.6) is 0 Å². The fraction of sp³-hybridized carbons (Fsp3) is 1.00. The van der Waals surface area contributed by atoms with E-state index in [9.17, 15) is 27.1 Å². The second-order valence-corrected chi connectivity index (χ2v) is 13.0. The molecule has 210 valence electrons. The summed E-state index contributed by atoms with van der Waals surface area (Å²) < 4.78 is 67.8. The Kier molecular flexibility index (Phi) is 9.91. The largest absolute Gasteiger partial charge is 0.393 e. The third-order valence-corrected chi connectivity index (χ3v) is 10.8. The second-order valence-electron chi connectivity index (χ2n) is 12.4. The molecular weight excluding hydrogens is 497 g/mol. The molecule has 8 heteroatoms. The summed E-state index contributed by atoms with van der Waals surface area (Å²) in [5.41, 5.74) is -1.03. The molecule has 1 N–H and O–H groups in total. The Bertz CT molecular complexity index is 647. The van der Waals surface area contributed by atoms with Crippen molar-refractivity contribution in [1.29, 1.82) is 0 Å². The Balaban J connectivity index is 1.25. The predicted octanol–water partition coefficient (Wildman–Crippen LogP) is 7.85. The summed E-state index contributed by atoms with van der Waals surface area (Å²) in [7, 11) is 0. The van der Waals surface area contributed by atoms with Gasteiger partial charge in [-0.15, -0.1) is 11.6 Å². The van der Waals surface area contributed by atoms with E-state index in [1.165, 1.54) is 0 Å². The van der Waals surface area contributed by atoms with Gasteiger partial charge in [-0.2, -0.15) is 13.2 Å². The van der Waals surface area contributed by atoms with Crippen molar-refractivity contribution in [2.75, 3.05) is 19.6 Å². The predicted molar refractivity (Wildman–Crippen MR) is 134 cm³/mol. The van der Waals surface area contributed by atoms with Crippen molar-refractivity contribution in [2.24, 2.45) is 29.6 Å². The molecule has 4 aliphatic rings. The van der Waals surface area contributed by atoms with Crippen molar-refractivity contribution in [3.8, 4) is 0 Å². The van der Waals surface area contributed by atoms with Crippen molar-refractivity contribution in [2.45, 2.75) is 126 Å². The number of alkyl halides is 6. The van der Waals surface area contributed by atoms with Crippen LogP contribution in [0.2, 0.25) is 0 Å². The number of likely N-dealkylation sites (tertiary alicyclic amines) is 1. The highest BCUT2D eigenvalue weighted by Crippen LogP contribution is 2.48. The van der Waals surface area contributed by atoms with E-state index in [1.807, 2.05) is 0 Å². The van der Waals surface area contributed by atoms with E-state index in [1.54, 1.807) is 0 Å². The van der Waals surface area contributed by atoms with Crippen molar-refractivity contribution >= 4 is 11.6 Å². The molecule has 3 unspecified atom stereocenters. The molecule has 1 heterocycles. The van der Waals surface area contributed by atoms with E-state index in [0.29, 0.717) is 82.2 Å². The van der Waals surface area contributed by atoms with Gasteiger partial charge in [0.25, 0.3) is 0 Å². The van der Waals surface area contributed by atoms with Crippen LogP contribution in [0.15, 0.2) is 0 Å². The van der Waals surface area contributed by atoms with Crippen LogP contribution < -0.4 is 0 Å². The second kappa shape index (κ2) is 12.4. The van der Waals surface area contributed by atoms with Crippen LogP contribution >= 0.6 is 11.6 Å². The normalized spacial score (nSPS) is 39.6. The van der Waals surface area contributed by atoms with E-state index in [0.717, 1.165) is 45.1 Å². The Morgan fingerprint density at radius 2 is 1.36 bits per heavy atom. The smallest absolute Gasteiger partial charge is 0.390 e.